The minimum atomic E-state index is -1.24. The standard InChI is InChI=1S/C20H24O8/c1-5-16-17(25-12(2)21)18(24-11-15-9-7-6-8-10-15)19(26-13(3)22)20(28-16)27-14(4)23/h5-10,16-20H,1,11H2,2-4H3/t16-,17+,18-,19+,20+/m0/s1. The molecular formula is C20H24O8. The van der Waals surface area contributed by atoms with Gasteiger partial charge in [-0.25, -0.2) is 0 Å². The third kappa shape index (κ3) is 5.90. The second-order valence-corrected chi connectivity index (χ2v) is 6.22. The first-order valence-electron chi connectivity index (χ1n) is 8.77. The van der Waals surface area contributed by atoms with Crippen LogP contribution in [0.2, 0.25) is 0 Å². The molecule has 1 aliphatic heterocycles. The Bertz CT molecular complexity index is 701. The van der Waals surface area contributed by atoms with Crippen molar-refractivity contribution in [2.24, 2.45) is 0 Å². The van der Waals surface area contributed by atoms with Gasteiger partial charge in [-0.3, -0.25) is 14.4 Å². The van der Waals surface area contributed by atoms with Crippen molar-refractivity contribution in [3.05, 3.63) is 48.6 Å². The maximum Gasteiger partial charge on any atom is 0.305 e. The van der Waals surface area contributed by atoms with Crippen LogP contribution in [0.1, 0.15) is 26.3 Å². The molecule has 0 amide bonds. The van der Waals surface area contributed by atoms with E-state index in [0.29, 0.717) is 0 Å². The van der Waals surface area contributed by atoms with E-state index in [-0.39, 0.29) is 6.61 Å². The lowest BCUT2D eigenvalue weighted by Crippen LogP contribution is -2.61. The molecule has 8 heteroatoms. The summed E-state index contributed by atoms with van der Waals surface area (Å²) in [5.41, 5.74) is 0.858. The third-order valence-corrected chi connectivity index (χ3v) is 3.93. The highest BCUT2D eigenvalue weighted by Gasteiger charge is 2.51. The lowest BCUT2D eigenvalue weighted by molar-refractivity contribution is -0.293. The lowest BCUT2D eigenvalue weighted by atomic mass is 9.97. The van der Waals surface area contributed by atoms with Crippen LogP contribution in [0.25, 0.3) is 0 Å². The van der Waals surface area contributed by atoms with Gasteiger partial charge in [-0.15, -0.1) is 6.58 Å². The molecule has 0 aromatic heterocycles. The number of esters is 3. The maximum atomic E-state index is 11.6. The molecule has 0 unspecified atom stereocenters. The monoisotopic (exact) mass is 392 g/mol. The summed E-state index contributed by atoms with van der Waals surface area (Å²) in [4.78, 5) is 34.8. The van der Waals surface area contributed by atoms with Gasteiger partial charge in [0.15, 0.2) is 12.2 Å². The van der Waals surface area contributed by atoms with E-state index in [0.717, 1.165) is 5.56 Å². The van der Waals surface area contributed by atoms with Crippen molar-refractivity contribution in [2.75, 3.05) is 0 Å². The second-order valence-electron chi connectivity index (χ2n) is 6.22. The number of benzene rings is 1. The summed E-state index contributed by atoms with van der Waals surface area (Å²) >= 11 is 0. The molecule has 1 fully saturated rings. The van der Waals surface area contributed by atoms with Crippen LogP contribution in [0.5, 0.6) is 0 Å². The van der Waals surface area contributed by atoms with Crippen LogP contribution < -0.4 is 0 Å². The SMILES string of the molecule is C=C[C@@H]1O[C@@H](OC(C)=O)[C@H](OC(C)=O)[C@@H](OCc2ccccc2)[C@@H]1OC(C)=O. The number of carbonyl (C=O) groups is 3. The van der Waals surface area contributed by atoms with Gasteiger partial charge in [-0.1, -0.05) is 36.4 Å². The van der Waals surface area contributed by atoms with Crippen molar-refractivity contribution in [1.82, 2.24) is 0 Å². The predicted octanol–water partition coefficient (Wildman–Crippen LogP) is 1.91. The van der Waals surface area contributed by atoms with Crippen molar-refractivity contribution in [3.8, 4) is 0 Å². The van der Waals surface area contributed by atoms with Gasteiger partial charge < -0.3 is 23.7 Å². The smallest absolute Gasteiger partial charge is 0.305 e. The summed E-state index contributed by atoms with van der Waals surface area (Å²) in [6, 6.07) is 9.28. The number of hydrogen-bond acceptors (Lipinski definition) is 8. The van der Waals surface area contributed by atoms with Crippen LogP contribution in [-0.4, -0.2) is 48.6 Å². The minimum Gasteiger partial charge on any atom is -0.456 e. The molecule has 1 aromatic rings. The van der Waals surface area contributed by atoms with Crippen molar-refractivity contribution in [3.63, 3.8) is 0 Å². The number of hydrogen-bond donors (Lipinski definition) is 0. The fourth-order valence-corrected chi connectivity index (χ4v) is 2.88. The first kappa shape index (κ1) is 21.6. The average Bonchev–Trinajstić information content (AvgIpc) is 2.62. The molecule has 1 heterocycles. The quantitative estimate of drug-likeness (QED) is 0.394. The average molecular weight is 392 g/mol. The van der Waals surface area contributed by atoms with E-state index in [9.17, 15) is 14.4 Å². The molecule has 0 N–H and O–H groups in total. The minimum absolute atomic E-state index is 0.150. The van der Waals surface area contributed by atoms with Crippen molar-refractivity contribution in [1.29, 1.82) is 0 Å². The predicted molar refractivity (Wildman–Crippen MR) is 96.8 cm³/mol. The summed E-state index contributed by atoms with van der Waals surface area (Å²) in [7, 11) is 0. The summed E-state index contributed by atoms with van der Waals surface area (Å²) in [6.07, 6.45) is -3.69. The molecular weight excluding hydrogens is 368 g/mol. The van der Waals surface area contributed by atoms with Crippen molar-refractivity contribution >= 4 is 17.9 Å². The molecule has 1 saturated heterocycles. The van der Waals surface area contributed by atoms with Crippen LogP contribution >= 0.6 is 0 Å². The fourth-order valence-electron chi connectivity index (χ4n) is 2.88. The van der Waals surface area contributed by atoms with Gasteiger partial charge in [0.25, 0.3) is 0 Å². The van der Waals surface area contributed by atoms with Crippen LogP contribution in [0.3, 0.4) is 0 Å². The van der Waals surface area contributed by atoms with E-state index >= 15 is 0 Å². The molecule has 0 radical (unpaired) electrons. The fraction of sp³-hybridized carbons (Fsp3) is 0.450. The Labute approximate surface area is 163 Å². The zero-order valence-electron chi connectivity index (χ0n) is 16.0. The van der Waals surface area contributed by atoms with E-state index < -0.39 is 48.6 Å². The van der Waals surface area contributed by atoms with Crippen molar-refractivity contribution in [2.45, 2.75) is 58.1 Å². The molecule has 28 heavy (non-hydrogen) atoms. The van der Waals surface area contributed by atoms with Gasteiger partial charge >= 0.3 is 17.9 Å². The highest BCUT2D eigenvalue weighted by Crippen LogP contribution is 2.30. The molecule has 2 rings (SSSR count). The van der Waals surface area contributed by atoms with E-state index in [1.165, 1.54) is 26.8 Å². The van der Waals surface area contributed by atoms with Crippen LogP contribution in [0, 0.1) is 0 Å². The Kier molecular flexibility index (Phi) is 7.71. The molecule has 0 bridgehead atoms. The first-order chi connectivity index (χ1) is 13.3. The summed E-state index contributed by atoms with van der Waals surface area (Å²) in [6.45, 7) is 7.48. The Morgan fingerprint density at radius 2 is 1.50 bits per heavy atom. The lowest BCUT2D eigenvalue weighted by Gasteiger charge is -2.43. The van der Waals surface area contributed by atoms with Gasteiger partial charge in [-0.2, -0.15) is 0 Å². The molecule has 1 aromatic carbocycles. The summed E-state index contributed by atoms with van der Waals surface area (Å²) < 4.78 is 27.5. The Balaban J connectivity index is 2.34. The number of ether oxygens (including phenoxy) is 5. The number of carbonyl (C=O) groups excluding carboxylic acids is 3. The van der Waals surface area contributed by atoms with Gasteiger partial charge in [0.1, 0.15) is 12.2 Å². The highest BCUT2D eigenvalue weighted by molar-refractivity contribution is 5.68. The third-order valence-electron chi connectivity index (χ3n) is 3.93. The molecule has 1 aliphatic rings. The highest BCUT2D eigenvalue weighted by atomic mass is 16.7. The van der Waals surface area contributed by atoms with E-state index in [4.69, 9.17) is 23.7 Å². The second kappa shape index (κ2) is 10.0. The normalized spacial score (nSPS) is 26.8. The molecule has 5 atom stereocenters. The molecule has 0 spiro atoms. The summed E-state index contributed by atoms with van der Waals surface area (Å²) in [5.74, 6) is -1.82. The maximum absolute atomic E-state index is 11.6. The van der Waals surface area contributed by atoms with E-state index in [2.05, 4.69) is 6.58 Å². The molecule has 8 nitrogen and oxygen atoms in total. The van der Waals surface area contributed by atoms with Gasteiger partial charge in [-0.05, 0) is 5.56 Å². The van der Waals surface area contributed by atoms with E-state index in [1.807, 2.05) is 30.3 Å². The van der Waals surface area contributed by atoms with Crippen LogP contribution in [0.15, 0.2) is 43.0 Å². The van der Waals surface area contributed by atoms with Crippen LogP contribution in [0.4, 0.5) is 0 Å². The molecule has 0 aliphatic carbocycles. The number of rotatable bonds is 7. The van der Waals surface area contributed by atoms with Crippen LogP contribution in [-0.2, 0) is 44.7 Å². The zero-order valence-corrected chi connectivity index (χ0v) is 16.0. The Morgan fingerprint density at radius 3 is 2.04 bits per heavy atom. The molecule has 0 saturated carbocycles. The Morgan fingerprint density at radius 1 is 0.929 bits per heavy atom. The first-order valence-corrected chi connectivity index (χ1v) is 8.77. The summed E-state index contributed by atoms with van der Waals surface area (Å²) in [5, 5.41) is 0. The van der Waals surface area contributed by atoms with Gasteiger partial charge in [0.2, 0.25) is 6.29 Å². The van der Waals surface area contributed by atoms with E-state index in [1.54, 1.807) is 0 Å². The zero-order chi connectivity index (χ0) is 20.7. The van der Waals surface area contributed by atoms with Gasteiger partial charge in [0, 0.05) is 20.8 Å². The van der Waals surface area contributed by atoms with Gasteiger partial charge in [0.05, 0.1) is 6.61 Å². The molecule has 152 valence electrons. The topological polar surface area (TPSA) is 97.4 Å². The Hall–Kier alpha value is -2.71. The van der Waals surface area contributed by atoms with Crippen molar-refractivity contribution < 1.29 is 38.1 Å². The largest absolute Gasteiger partial charge is 0.456 e.